The lowest BCUT2D eigenvalue weighted by atomic mass is 10.0. The van der Waals surface area contributed by atoms with Crippen LogP contribution in [-0.2, 0) is 11.3 Å². The van der Waals surface area contributed by atoms with E-state index in [1.807, 2.05) is 6.07 Å². The molecule has 2 aromatic rings. The van der Waals surface area contributed by atoms with Gasteiger partial charge in [0.15, 0.2) is 0 Å². The van der Waals surface area contributed by atoms with Crippen molar-refractivity contribution in [3.63, 3.8) is 0 Å². The van der Waals surface area contributed by atoms with Crippen LogP contribution in [0.3, 0.4) is 0 Å². The highest BCUT2D eigenvalue weighted by Gasteiger charge is 2.24. The van der Waals surface area contributed by atoms with Crippen molar-refractivity contribution in [1.82, 2.24) is 10.3 Å². The Morgan fingerprint density at radius 3 is 2.69 bits per heavy atom. The maximum absolute atomic E-state index is 11.6. The van der Waals surface area contributed by atoms with E-state index in [9.17, 15) is 25.1 Å². The maximum atomic E-state index is 11.6. The largest absolute Gasteiger partial charge is 0.445 e. The fraction of sp³-hybridized carbons (Fsp3) is 0.250. The van der Waals surface area contributed by atoms with Crippen LogP contribution in [0.4, 0.5) is 16.3 Å². The van der Waals surface area contributed by atoms with E-state index < -0.39 is 23.2 Å². The number of alkyl carbamates (subject to hydrolysis) is 1. The van der Waals surface area contributed by atoms with E-state index in [4.69, 9.17) is 10.5 Å². The van der Waals surface area contributed by atoms with E-state index in [1.54, 1.807) is 24.3 Å². The van der Waals surface area contributed by atoms with Gasteiger partial charge in [-0.2, -0.15) is 0 Å². The van der Waals surface area contributed by atoms with Crippen molar-refractivity contribution in [2.75, 3.05) is 12.3 Å². The van der Waals surface area contributed by atoms with Gasteiger partial charge >= 0.3 is 6.09 Å². The Bertz CT molecular complexity index is 771. The Morgan fingerprint density at radius 1 is 1.35 bits per heavy atom. The van der Waals surface area contributed by atoms with Crippen molar-refractivity contribution < 1.29 is 24.7 Å². The number of anilines is 1. The summed E-state index contributed by atoms with van der Waals surface area (Å²) < 4.78 is 4.97. The van der Waals surface area contributed by atoms with Crippen molar-refractivity contribution >= 4 is 17.6 Å². The number of aromatic nitrogens is 1. The molecular weight excluding hydrogens is 344 g/mol. The molecule has 0 radical (unpaired) electrons. The first-order valence-electron chi connectivity index (χ1n) is 7.59. The van der Waals surface area contributed by atoms with Crippen LogP contribution in [-0.4, -0.2) is 38.9 Å². The van der Waals surface area contributed by atoms with Gasteiger partial charge in [0.2, 0.25) is 0 Å². The zero-order valence-electron chi connectivity index (χ0n) is 13.6. The number of amides is 1. The number of nitrogens with zero attached hydrogens (tertiary/aromatic N) is 2. The summed E-state index contributed by atoms with van der Waals surface area (Å²) in [5.41, 5.74) is 5.89. The number of rotatable bonds is 7. The fourth-order valence-corrected chi connectivity index (χ4v) is 2.10. The van der Waals surface area contributed by atoms with Gasteiger partial charge in [0.05, 0.1) is 4.92 Å². The van der Waals surface area contributed by atoms with Crippen LogP contribution in [0.15, 0.2) is 42.6 Å². The number of hydrogen-bond donors (Lipinski definition) is 4. The van der Waals surface area contributed by atoms with Gasteiger partial charge in [-0.1, -0.05) is 30.3 Å². The van der Waals surface area contributed by atoms with Crippen molar-refractivity contribution in [2.45, 2.75) is 18.8 Å². The van der Waals surface area contributed by atoms with Gasteiger partial charge in [-0.25, -0.2) is 9.78 Å². The van der Waals surface area contributed by atoms with Crippen molar-refractivity contribution in [2.24, 2.45) is 0 Å². The molecular formula is C16H18N4O6. The van der Waals surface area contributed by atoms with E-state index in [1.165, 1.54) is 0 Å². The number of hydrogen-bond acceptors (Lipinski definition) is 8. The number of nitrogens with one attached hydrogen (secondary N) is 1. The molecule has 0 fully saturated rings. The van der Waals surface area contributed by atoms with Gasteiger partial charge < -0.3 is 26.0 Å². The topological polar surface area (TPSA) is 161 Å². The number of pyridine rings is 1. The Balaban J connectivity index is 1.88. The van der Waals surface area contributed by atoms with Crippen LogP contribution in [0.2, 0.25) is 0 Å². The first kappa shape index (κ1) is 19.1. The summed E-state index contributed by atoms with van der Waals surface area (Å²) >= 11 is 0. The summed E-state index contributed by atoms with van der Waals surface area (Å²) in [6.45, 7) is -0.302. The average molecular weight is 362 g/mol. The van der Waals surface area contributed by atoms with Crippen LogP contribution in [0.5, 0.6) is 0 Å². The number of ether oxygens (including phenoxy) is 1. The lowest BCUT2D eigenvalue weighted by Crippen LogP contribution is -2.36. The van der Waals surface area contributed by atoms with E-state index in [0.717, 1.165) is 17.8 Å². The third kappa shape index (κ3) is 5.13. The number of carbonyl (C=O) groups is 1. The molecule has 1 aromatic heterocycles. The molecule has 26 heavy (non-hydrogen) atoms. The summed E-state index contributed by atoms with van der Waals surface area (Å²) in [5, 5.41) is 33.2. The Morgan fingerprint density at radius 2 is 2.04 bits per heavy atom. The van der Waals surface area contributed by atoms with Crippen LogP contribution in [0.25, 0.3) is 0 Å². The predicted molar refractivity (Wildman–Crippen MR) is 90.9 cm³/mol. The highest BCUT2D eigenvalue weighted by molar-refractivity contribution is 5.67. The number of nitrogens with two attached hydrogens (primary N) is 1. The summed E-state index contributed by atoms with van der Waals surface area (Å²) in [4.78, 5) is 25.3. The van der Waals surface area contributed by atoms with Gasteiger partial charge in [-0.15, -0.1) is 0 Å². The zero-order valence-corrected chi connectivity index (χ0v) is 13.6. The zero-order chi connectivity index (χ0) is 19.1. The Hall–Kier alpha value is -3.24. The van der Waals surface area contributed by atoms with Gasteiger partial charge in [-0.05, 0) is 5.56 Å². The molecule has 0 saturated carbocycles. The molecule has 10 nitrogen and oxygen atoms in total. The molecule has 0 aliphatic carbocycles. The molecule has 0 spiro atoms. The van der Waals surface area contributed by atoms with E-state index in [-0.39, 0.29) is 30.2 Å². The highest BCUT2D eigenvalue weighted by Crippen LogP contribution is 2.25. The Kier molecular flexibility index (Phi) is 6.42. The van der Waals surface area contributed by atoms with Crippen LogP contribution in [0.1, 0.15) is 17.2 Å². The number of nitrogen functional groups attached to an aromatic ring is 1. The minimum absolute atomic E-state index is 0.0487. The molecule has 2 atom stereocenters. The van der Waals surface area contributed by atoms with Crippen molar-refractivity contribution in [3.05, 3.63) is 63.8 Å². The molecule has 1 amide bonds. The van der Waals surface area contributed by atoms with E-state index in [0.29, 0.717) is 0 Å². The molecule has 5 N–H and O–H groups in total. The minimum atomic E-state index is -1.57. The van der Waals surface area contributed by atoms with Gasteiger partial charge in [-0.3, -0.25) is 10.1 Å². The van der Waals surface area contributed by atoms with Gasteiger partial charge in [0.1, 0.15) is 30.8 Å². The van der Waals surface area contributed by atoms with Crippen LogP contribution < -0.4 is 11.1 Å². The number of carbonyl (C=O) groups excluding carboxylic acids is 1. The average Bonchev–Trinajstić information content (AvgIpc) is 2.64. The molecule has 10 heteroatoms. The smallest absolute Gasteiger partial charge is 0.407 e. The maximum Gasteiger partial charge on any atom is 0.407 e. The molecule has 0 aliphatic heterocycles. The highest BCUT2D eigenvalue weighted by atomic mass is 16.6. The monoisotopic (exact) mass is 362 g/mol. The SMILES string of the molecule is Nc1ncc([N+](=O)[O-])cc1C(O)C(O)CNC(=O)OCc1ccccc1. The number of benzene rings is 1. The quantitative estimate of drug-likeness (QED) is 0.417. The second-order valence-corrected chi connectivity index (χ2v) is 5.38. The molecule has 0 bridgehead atoms. The number of aliphatic hydroxyl groups excluding tert-OH is 2. The lowest BCUT2D eigenvalue weighted by molar-refractivity contribution is -0.385. The number of nitro groups is 1. The Labute approximate surface area is 148 Å². The lowest BCUT2D eigenvalue weighted by Gasteiger charge is -2.19. The molecule has 1 aromatic carbocycles. The third-order valence-electron chi connectivity index (χ3n) is 3.50. The molecule has 2 unspecified atom stereocenters. The summed E-state index contributed by atoms with van der Waals surface area (Å²) in [6, 6.07) is 10.0. The van der Waals surface area contributed by atoms with Crippen molar-refractivity contribution in [3.8, 4) is 0 Å². The first-order valence-corrected chi connectivity index (χ1v) is 7.59. The number of aliphatic hydroxyl groups is 2. The summed E-state index contributed by atoms with van der Waals surface area (Å²) in [5.74, 6) is -0.159. The minimum Gasteiger partial charge on any atom is -0.445 e. The molecule has 2 rings (SSSR count). The fourth-order valence-electron chi connectivity index (χ4n) is 2.10. The van der Waals surface area contributed by atoms with Gasteiger partial charge in [0, 0.05) is 18.2 Å². The summed E-state index contributed by atoms with van der Waals surface area (Å²) in [6.07, 6.45) is -2.88. The standard InChI is InChI=1S/C16H18N4O6/c17-15-12(6-11(7-18-15)20(24)25)14(22)13(21)8-19-16(23)26-9-10-4-2-1-3-5-10/h1-7,13-14,21-22H,8-9H2,(H2,17,18)(H,19,23). The first-order chi connectivity index (χ1) is 12.4. The predicted octanol–water partition coefficient (Wildman–Crippen LogP) is 0.893. The van der Waals surface area contributed by atoms with Crippen LogP contribution >= 0.6 is 0 Å². The van der Waals surface area contributed by atoms with E-state index in [2.05, 4.69) is 10.3 Å². The normalized spacial score (nSPS) is 12.8. The molecule has 0 saturated heterocycles. The van der Waals surface area contributed by atoms with Gasteiger partial charge in [0.25, 0.3) is 5.69 Å². The van der Waals surface area contributed by atoms with Crippen molar-refractivity contribution in [1.29, 1.82) is 0 Å². The van der Waals surface area contributed by atoms with E-state index >= 15 is 0 Å². The molecule has 1 heterocycles. The third-order valence-corrected chi connectivity index (χ3v) is 3.50. The molecule has 0 aliphatic rings. The second-order valence-electron chi connectivity index (χ2n) is 5.38. The van der Waals surface area contributed by atoms with Crippen LogP contribution in [0, 0.1) is 10.1 Å². The second kappa shape index (κ2) is 8.74. The summed E-state index contributed by atoms with van der Waals surface area (Å²) in [7, 11) is 0. The molecule has 138 valence electrons.